The number of likely N-dealkylation sites (tertiary alicyclic amines) is 1. The van der Waals surface area contributed by atoms with Gasteiger partial charge in [-0.3, -0.25) is 4.99 Å². The number of nitrogens with one attached hydrogen (secondary N) is 2. The molecule has 0 aromatic heterocycles. The second kappa shape index (κ2) is 12.4. The molecule has 1 saturated heterocycles. The molecule has 1 aromatic rings. The molecule has 2 rings (SSSR count). The maximum Gasteiger partial charge on any atom is 0.191 e. The zero-order chi connectivity index (χ0) is 18.1. The Hall–Kier alpha value is -0.960. The number of piperidine rings is 1. The predicted molar refractivity (Wildman–Crippen MR) is 114 cm³/mol. The number of aliphatic imine (C=N–C) groups is 1. The Kier molecular flexibility index (Phi) is 11.0. The molecule has 1 aromatic carbocycles. The van der Waals surface area contributed by atoms with Crippen molar-refractivity contribution < 1.29 is 8.78 Å². The first-order valence-electron chi connectivity index (χ1n) is 9.22. The standard InChI is InChI=1S/C19H30F2N4.HI/c1-15-7-3-5-11-25(15)12-6-4-10-23-19(22-2)24-14-16-13-17(20)8-9-18(16)21;/h8-9,13,15H,3-7,10-12,14H2,1-2H3,(H2,22,23,24);1H. The molecule has 26 heavy (non-hydrogen) atoms. The smallest absolute Gasteiger partial charge is 0.191 e. The average Bonchev–Trinajstić information content (AvgIpc) is 2.61. The van der Waals surface area contributed by atoms with E-state index in [0.29, 0.717) is 17.6 Å². The first-order valence-corrected chi connectivity index (χ1v) is 9.22. The van der Waals surface area contributed by atoms with Gasteiger partial charge in [-0.25, -0.2) is 8.78 Å². The van der Waals surface area contributed by atoms with Crippen molar-refractivity contribution in [2.45, 2.75) is 51.6 Å². The second-order valence-corrected chi connectivity index (χ2v) is 6.68. The summed E-state index contributed by atoms with van der Waals surface area (Å²) in [6.45, 7) is 5.69. The van der Waals surface area contributed by atoms with E-state index in [2.05, 4.69) is 27.4 Å². The fourth-order valence-corrected chi connectivity index (χ4v) is 3.21. The van der Waals surface area contributed by atoms with Crippen LogP contribution in [-0.4, -0.2) is 43.6 Å². The lowest BCUT2D eigenvalue weighted by Crippen LogP contribution is -2.39. The number of nitrogens with zero attached hydrogens (tertiary/aromatic N) is 2. The number of unbranched alkanes of at least 4 members (excludes halogenated alkanes) is 1. The predicted octanol–water partition coefficient (Wildman–Crippen LogP) is 3.90. The van der Waals surface area contributed by atoms with E-state index in [-0.39, 0.29) is 30.5 Å². The third kappa shape index (κ3) is 7.73. The number of hydrogen-bond acceptors (Lipinski definition) is 2. The molecule has 1 unspecified atom stereocenters. The summed E-state index contributed by atoms with van der Waals surface area (Å²) in [5.41, 5.74) is 0.294. The van der Waals surface area contributed by atoms with Crippen LogP contribution in [0.5, 0.6) is 0 Å². The topological polar surface area (TPSA) is 39.7 Å². The van der Waals surface area contributed by atoms with Gasteiger partial charge in [0.15, 0.2) is 5.96 Å². The monoisotopic (exact) mass is 480 g/mol. The molecule has 1 fully saturated rings. The molecule has 2 N–H and O–H groups in total. The van der Waals surface area contributed by atoms with Gasteiger partial charge in [0, 0.05) is 31.7 Å². The van der Waals surface area contributed by atoms with Crippen LogP contribution in [0.3, 0.4) is 0 Å². The minimum absolute atomic E-state index is 0. The third-order valence-electron chi connectivity index (χ3n) is 4.78. The van der Waals surface area contributed by atoms with E-state index in [1.165, 1.54) is 31.9 Å². The molecular formula is C19H31F2IN4. The lowest BCUT2D eigenvalue weighted by molar-refractivity contribution is 0.158. The molecule has 0 aliphatic carbocycles. The van der Waals surface area contributed by atoms with Crippen LogP contribution in [0.25, 0.3) is 0 Å². The van der Waals surface area contributed by atoms with Crippen molar-refractivity contribution in [3.63, 3.8) is 0 Å². The van der Waals surface area contributed by atoms with Gasteiger partial charge in [0.2, 0.25) is 0 Å². The summed E-state index contributed by atoms with van der Waals surface area (Å²) in [7, 11) is 1.67. The molecular weight excluding hydrogens is 449 g/mol. The van der Waals surface area contributed by atoms with Crippen LogP contribution in [0.4, 0.5) is 8.78 Å². The van der Waals surface area contributed by atoms with Crippen molar-refractivity contribution >= 4 is 29.9 Å². The summed E-state index contributed by atoms with van der Waals surface area (Å²) >= 11 is 0. The zero-order valence-corrected chi connectivity index (χ0v) is 18.1. The third-order valence-corrected chi connectivity index (χ3v) is 4.78. The zero-order valence-electron chi connectivity index (χ0n) is 15.7. The van der Waals surface area contributed by atoms with Gasteiger partial charge in [0.1, 0.15) is 11.6 Å². The lowest BCUT2D eigenvalue weighted by Gasteiger charge is -2.33. The molecule has 0 radical (unpaired) electrons. The number of rotatable bonds is 7. The number of benzene rings is 1. The molecule has 148 valence electrons. The van der Waals surface area contributed by atoms with Crippen molar-refractivity contribution in [2.24, 2.45) is 4.99 Å². The lowest BCUT2D eigenvalue weighted by atomic mass is 10.0. The van der Waals surface area contributed by atoms with Gasteiger partial charge >= 0.3 is 0 Å². The second-order valence-electron chi connectivity index (χ2n) is 6.68. The van der Waals surface area contributed by atoms with Crippen LogP contribution in [0.1, 0.15) is 44.6 Å². The highest BCUT2D eigenvalue weighted by Gasteiger charge is 2.16. The van der Waals surface area contributed by atoms with Gasteiger partial charge in [-0.05, 0) is 63.9 Å². The van der Waals surface area contributed by atoms with E-state index in [4.69, 9.17) is 0 Å². The SMILES string of the molecule is CN=C(NCCCCN1CCCCC1C)NCc1cc(F)ccc1F.I. The largest absolute Gasteiger partial charge is 0.356 e. The number of guanidine groups is 1. The van der Waals surface area contributed by atoms with E-state index in [0.717, 1.165) is 38.1 Å². The number of halogens is 3. The first kappa shape index (κ1) is 23.1. The molecule has 1 aliphatic rings. The Morgan fingerprint density at radius 2 is 2.04 bits per heavy atom. The fourth-order valence-electron chi connectivity index (χ4n) is 3.21. The average molecular weight is 480 g/mol. The molecule has 1 aliphatic heterocycles. The summed E-state index contributed by atoms with van der Waals surface area (Å²) in [6, 6.07) is 4.17. The minimum atomic E-state index is -0.437. The summed E-state index contributed by atoms with van der Waals surface area (Å²) in [5, 5.41) is 6.25. The van der Waals surface area contributed by atoms with Crippen molar-refractivity contribution in [3.8, 4) is 0 Å². The van der Waals surface area contributed by atoms with E-state index in [9.17, 15) is 8.78 Å². The Balaban J connectivity index is 0.00000338. The van der Waals surface area contributed by atoms with E-state index < -0.39 is 11.6 Å². The van der Waals surface area contributed by atoms with Gasteiger partial charge in [0.05, 0.1) is 0 Å². The highest BCUT2D eigenvalue weighted by molar-refractivity contribution is 14.0. The molecule has 7 heteroatoms. The fraction of sp³-hybridized carbons (Fsp3) is 0.632. The Morgan fingerprint density at radius 1 is 1.23 bits per heavy atom. The summed E-state index contributed by atoms with van der Waals surface area (Å²) in [5.74, 6) is -0.247. The quantitative estimate of drug-likeness (QED) is 0.269. The maximum absolute atomic E-state index is 13.6. The Labute approximate surface area is 172 Å². The molecule has 0 spiro atoms. The van der Waals surface area contributed by atoms with Crippen LogP contribution in [0.2, 0.25) is 0 Å². The van der Waals surface area contributed by atoms with Crippen LogP contribution in [0, 0.1) is 11.6 Å². The van der Waals surface area contributed by atoms with Gasteiger partial charge < -0.3 is 15.5 Å². The molecule has 4 nitrogen and oxygen atoms in total. The molecule has 0 amide bonds. The molecule has 1 heterocycles. The van der Waals surface area contributed by atoms with Gasteiger partial charge in [-0.15, -0.1) is 24.0 Å². The normalized spacial score (nSPS) is 18.3. The maximum atomic E-state index is 13.6. The van der Waals surface area contributed by atoms with Crippen molar-refractivity contribution in [3.05, 3.63) is 35.4 Å². The summed E-state index contributed by atoms with van der Waals surface area (Å²) in [4.78, 5) is 6.70. The molecule has 0 bridgehead atoms. The molecule has 0 saturated carbocycles. The minimum Gasteiger partial charge on any atom is -0.356 e. The van der Waals surface area contributed by atoms with Gasteiger partial charge in [-0.1, -0.05) is 6.42 Å². The van der Waals surface area contributed by atoms with Crippen LogP contribution in [0.15, 0.2) is 23.2 Å². The van der Waals surface area contributed by atoms with Crippen molar-refractivity contribution in [1.29, 1.82) is 0 Å². The van der Waals surface area contributed by atoms with Crippen molar-refractivity contribution in [1.82, 2.24) is 15.5 Å². The van der Waals surface area contributed by atoms with Crippen molar-refractivity contribution in [2.75, 3.05) is 26.7 Å². The van der Waals surface area contributed by atoms with Gasteiger partial charge in [-0.2, -0.15) is 0 Å². The summed E-state index contributed by atoms with van der Waals surface area (Å²) in [6.07, 6.45) is 6.18. The van der Waals surface area contributed by atoms with Crippen LogP contribution in [-0.2, 0) is 6.54 Å². The van der Waals surface area contributed by atoms with E-state index in [1.54, 1.807) is 7.05 Å². The Morgan fingerprint density at radius 3 is 2.77 bits per heavy atom. The highest BCUT2D eigenvalue weighted by Crippen LogP contribution is 2.16. The van der Waals surface area contributed by atoms with E-state index in [1.807, 2.05) is 0 Å². The van der Waals surface area contributed by atoms with Crippen LogP contribution >= 0.6 is 24.0 Å². The number of hydrogen-bond donors (Lipinski definition) is 2. The van der Waals surface area contributed by atoms with Gasteiger partial charge in [0.25, 0.3) is 0 Å². The molecule has 1 atom stereocenters. The van der Waals surface area contributed by atoms with Crippen LogP contribution < -0.4 is 10.6 Å². The summed E-state index contributed by atoms with van der Waals surface area (Å²) < 4.78 is 26.8. The highest BCUT2D eigenvalue weighted by atomic mass is 127. The Bertz CT molecular complexity index is 568. The first-order chi connectivity index (χ1) is 12.1. The van der Waals surface area contributed by atoms with E-state index >= 15 is 0 Å².